The summed E-state index contributed by atoms with van der Waals surface area (Å²) in [5.74, 6) is 0.882. The average molecular weight is 189 g/mol. The molecule has 0 bridgehead atoms. The molecule has 0 aromatic carbocycles. The molecule has 0 atom stereocenters. The van der Waals surface area contributed by atoms with Crippen LogP contribution < -0.4 is 5.73 Å². The van der Waals surface area contributed by atoms with Crippen LogP contribution in [0.4, 0.5) is 0 Å². The van der Waals surface area contributed by atoms with Gasteiger partial charge in [-0.15, -0.1) is 11.8 Å². The maximum Gasteiger partial charge on any atom is 0.130 e. The number of aromatic nitrogens is 1. The lowest BCUT2D eigenvalue weighted by Crippen LogP contribution is -2.01. The predicted molar refractivity (Wildman–Crippen MR) is 49.0 cm³/mol. The van der Waals surface area contributed by atoms with Crippen molar-refractivity contribution in [2.24, 2.45) is 5.73 Å². The Morgan fingerprint density at radius 1 is 1.55 bits per heavy atom. The van der Waals surface area contributed by atoms with Crippen LogP contribution in [0.1, 0.15) is 0 Å². The van der Waals surface area contributed by atoms with Crippen molar-refractivity contribution in [1.29, 1.82) is 0 Å². The summed E-state index contributed by atoms with van der Waals surface area (Å²) in [5.41, 5.74) is 5.33. The summed E-state index contributed by atoms with van der Waals surface area (Å²) in [6, 6.07) is 5.56. The fourth-order valence-electron chi connectivity index (χ4n) is 0.634. The van der Waals surface area contributed by atoms with E-state index in [1.165, 1.54) is 0 Å². The number of hydrogen-bond donors (Lipinski definition) is 1. The molecule has 0 unspecified atom stereocenters. The second-order valence-corrected chi connectivity index (χ2v) is 3.44. The maximum absolute atomic E-state index is 5.67. The molecule has 1 aromatic heterocycles. The van der Waals surface area contributed by atoms with Crippen molar-refractivity contribution in [1.82, 2.24) is 4.98 Å². The number of nitrogens with two attached hydrogens (primary N) is 1. The van der Waals surface area contributed by atoms with E-state index in [0.29, 0.717) is 11.7 Å². The van der Waals surface area contributed by atoms with Crippen LogP contribution >= 0.6 is 23.4 Å². The molecule has 0 radical (unpaired) electrons. The van der Waals surface area contributed by atoms with E-state index in [0.717, 1.165) is 10.8 Å². The molecule has 1 heterocycles. The summed E-state index contributed by atoms with van der Waals surface area (Å²) in [6.45, 7) is 0.666. The third-order valence-corrected chi connectivity index (χ3v) is 2.23. The first-order valence-electron chi connectivity index (χ1n) is 3.28. The fourth-order valence-corrected chi connectivity index (χ4v) is 1.51. The van der Waals surface area contributed by atoms with Gasteiger partial charge in [-0.3, -0.25) is 0 Å². The summed E-state index contributed by atoms with van der Waals surface area (Å²) in [5, 5.41) is 1.47. The number of thioether (sulfide) groups is 1. The minimum absolute atomic E-state index is 0.534. The van der Waals surface area contributed by atoms with E-state index in [1.807, 2.05) is 12.1 Å². The van der Waals surface area contributed by atoms with Gasteiger partial charge in [0.1, 0.15) is 5.15 Å². The van der Waals surface area contributed by atoms with Crippen LogP contribution in [0.15, 0.2) is 23.2 Å². The lowest BCUT2D eigenvalue weighted by molar-refractivity contribution is 1.11. The summed E-state index contributed by atoms with van der Waals surface area (Å²) in [4.78, 5) is 4.08. The number of pyridine rings is 1. The van der Waals surface area contributed by atoms with Crippen LogP contribution in [0.3, 0.4) is 0 Å². The van der Waals surface area contributed by atoms with Crippen LogP contribution in [0.25, 0.3) is 0 Å². The van der Waals surface area contributed by atoms with E-state index in [4.69, 9.17) is 17.3 Å². The molecule has 1 rings (SSSR count). The summed E-state index contributed by atoms with van der Waals surface area (Å²) < 4.78 is 0. The van der Waals surface area contributed by atoms with Gasteiger partial charge in [-0.25, -0.2) is 4.98 Å². The molecule has 0 spiro atoms. The van der Waals surface area contributed by atoms with Crippen molar-refractivity contribution in [2.45, 2.75) is 5.03 Å². The minimum atomic E-state index is 0.534. The molecule has 0 aliphatic rings. The number of halogens is 1. The van der Waals surface area contributed by atoms with E-state index in [9.17, 15) is 0 Å². The Kier molecular flexibility index (Phi) is 3.69. The van der Waals surface area contributed by atoms with Crippen molar-refractivity contribution in [2.75, 3.05) is 12.3 Å². The van der Waals surface area contributed by atoms with Gasteiger partial charge in [0.15, 0.2) is 0 Å². The SMILES string of the molecule is NCCSc1cccc(Cl)n1. The topological polar surface area (TPSA) is 38.9 Å². The van der Waals surface area contributed by atoms with E-state index < -0.39 is 0 Å². The number of hydrogen-bond acceptors (Lipinski definition) is 3. The molecule has 1 aromatic rings. The van der Waals surface area contributed by atoms with Gasteiger partial charge in [-0.1, -0.05) is 17.7 Å². The van der Waals surface area contributed by atoms with Gasteiger partial charge in [-0.05, 0) is 12.1 Å². The summed E-state index contributed by atoms with van der Waals surface area (Å²) in [6.07, 6.45) is 0. The Balaban J connectivity index is 2.56. The van der Waals surface area contributed by atoms with Gasteiger partial charge >= 0.3 is 0 Å². The molecule has 2 nitrogen and oxygen atoms in total. The third-order valence-electron chi connectivity index (χ3n) is 1.06. The van der Waals surface area contributed by atoms with Crippen LogP contribution in [0, 0.1) is 0 Å². The van der Waals surface area contributed by atoms with Gasteiger partial charge < -0.3 is 5.73 Å². The van der Waals surface area contributed by atoms with E-state index in [2.05, 4.69) is 4.98 Å². The molecule has 0 amide bonds. The standard InChI is InChI=1S/C7H9ClN2S/c8-6-2-1-3-7(10-6)11-5-4-9/h1-3H,4-5,9H2. The lowest BCUT2D eigenvalue weighted by Gasteiger charge is -1.97. The molecule has 60 valence electrons. The summed E-state index contributed by atoms with van der Waals surface area (Å²) in [7, 11) is 0. The highest BCUT2D eigenvalue weighted by Crippen LogP contribution is 2.16. The highest BCUT2D eigenvalue weighted by molar-refractivity contribution is 7.99. The van der Waals surface area contributed by atoms with Crippen molar-refractivity contribution in [3.8, 4) is 0 Å². The third kappa shape index (κ3) is 3.10. The number of rotatable bonds is 3. The van der Waals surface area contributed by atoms with Crippen molar-refractivity contribution in [3.63, 3.8) is 0 Å². The first-order chi connectivity index (χ1) is 5.33. The Hall–Kier alpha value is -0.250. The van der Waals surface area contributed by atoms with E-state index in [-0.39, 0.29) is 0 Å². The van der Waals surface area contributed by atoms with Crippen molar-refractivity contribution in [3.05, 3.63) is 23.4 Å². The molecule has 4 heteroatoms. The van der Waals surface area contributed by atoms with Crippen molar-refractivity contribution >= 4 is 23.4 Å². The zero-order valence-electron chi connectivity index (χ0n) is 5.96. The first kappa shape index (κ1) is 8.84. The Morgan fingerprint density at radius 2 is 2.36 bits per heavy atom. The quantitative estimate of drug-likeness (QED) is 0.581. The Bertz CT molecular complexity index is 229. The zero-order valence-corrected chi connectivity index (χ0v) is 7.53. The van der Waals surface area contributed by atoms with Gasteiger partial charge in [-0.2, -0.15) is 0 Å². The van der Waals surface area contributed by atoms with E-state index in [1.54, 1.807) is 17.8 Å². The summed E-state index contributed by atoms with van der Waals surface area (Å²) >= 11 is 7.28. The molecule has 0 saturated carbocycles. The van der Waals surface area contributed by atoms with Gasteiger partial charge in [0, 0.05) is 12.3 Å². The predicted octanol–water partition coefficient (Wildman–Crippen LogP) is 1.79. The molecule has 0 fully saturated rings. The zero-order chi connectivity index (χ0) is 8.10. The molecular formula is C7H9ClN2S. The molecule has 0 aliphatic carbocycles. The second kappa shape index (κ2) is 4.59. The Labute approximate surface area is 75.1 Å². The minimum Gasteiger partial charge on any atom is -0.330 e. The molecule has 11 heavy (non-hydrogen) atoms. The number of nitrogens with zero attached hydrogens (tertiary/aromatic N) is 1. The average Bonchev–Trinajstić information content (AvgIpc) is 2.01. The van der Waals surface area contributed by atoms with Gasteiger partial charge in [0.25, 0.3) is 0 Å². The molecule has 2 N–H and O–H groups in total. The van der Waals surface area contributed by atoms with Crippen molar-refractivity contribution < 1.29 is 0 Å². The van der Waals surface area contributed by atoms with Gasteiger partial charge in [0.05, 0.1) is 5.03 Å². The highest BCUT2D eigenvalue weighted by Gasteiger charge is 1.94. The highest BCUT2D eigenvalue weighted by atomic mass is 35.5. The Morgan fingerprint density at radius 3 is 3.00 bits per heavy atom. The maximum atomic E-state index is 5.67. The molecule has 0 aliphatic heterocycles. The van der Waals surface area contributed by atoms with Crippen LogP contribution in [0.2, 0.25) is 5.15 Å². The lowest BCUT2D eigenvalue weighted by atomic mass is 10.5. The van der Waals surface area contributed by atoms with Crippen LogP contribution in [-0.2, 0) is 0 Å². The first-order valence-corrected chi connectivity index (χ1v) is 4.64. The van der Waals surface area contributed by atoms with Crippen LogP contribution in [0.5, 0.6) is 0 Å². The van der Waals surface area contributed by atoms with Gasteiger partial charge in [0.2, 0.25) is 0 Å². The fraction of sp³-hybridized carbons (Fsp3) is 0.286. The monoisotopic (exact) mass is 188 g/mol. The second-order valence-electron chi connectivity index (χ2n) is 1.94. The largest absolute Gasteiger partial charge is 0.330 e. The van der Waals surface area contributed by atoms with Crippen LogP contribution in [-0.4, -0.2) is 17.3 Å². The molecular weight excluding hydrogens is 180 g/mol. The smallest absolute Gasteiger partial charge is 0.130 e. The normalized spacial score (nSPS) is 10.0. The van der Waals surface area contributed by atoms with E-state index >= 15 is 0 Å². The molecule has 0 saturated heterocycles.